The van der Waals surface area contributed by atoms with E-state index in [2.05, 4.69) is 10.2 Å². The number of carbonyl (C=O) groups is 1. The number of hydrogen-bond acceptors (Lipinski definition) is 5. The summed E-state index contributed by atoms with van der Waals surface area (Å²) in [6.45, 7) is 3.18. The van der Waals surface area contributed by atoms with Crippen molar-refractivity contribution in [2.45, 2.75) is 30.9 Å². The van der Waals surface area contributed by atoms with Crippen molar-refractivity contribution in [1.82, 2.24) is 14.8 Å². The third-order valence-electron chi connectivity index (χ3n) is 2.87. The van der Waals surface area contributed by atoms with Crippen molar-refractivity contribution in [1.29, 1.82) is 0 Å². The SMILES string of the molecule is CCn1c(CN)nnc1SCc1cccc(C(N)=O)c1. The highest BCUT2D eigenvalue weighted by Gasteiger charge is 2.10. The van der Waals surface area contributed by atoms with Crippen molar-refractivity contribution in [2.24, 2.45) is 11.5 Å². The van der Waals surface area contributed by atoms with Crippen molar-refractivity contribution in [3.8, 4) is 0 Å². The second kappa shape index (κ2) is 6.53. The molecule has 7 heteroatoms. The number of rotatable bonds is 6. The third kappa shape index (κ3) is 3.17. The molecule has 4 N–H and O–H groups in total. The molecule has 1 heterocycles. The molecular weight excluding hydrogens is 274 g/mol. The Bertz CT molecular complexity index is 611. The minimum atomic E-state index is -0.418. The summed E-state index contributed by atoms with van der Waals surface area (Å²) in [7, 11) is 0. The summed E-state index contributed by atoms with van der Waals surface area (Å²) in [6, 6.07) is 7.28. The average Bonchev–Trinajstić information content (AvgIpc) is 2.87. The molecule has 0 unspecified atom stereocenters. The second-order valence-electron chi connectivity index (χ2n) is 4.20. The minimum absolute atomic E-state index is 0.374. The average molecular weight is 291 g/mol. The summed E-state index contributed by atoms with van der Waals surface area (Å²) in [6.07, 6.45) is 0. The molecule has 0 fully saturated rings. The quantitative estimate of drug-likeness (QED) is 0.778. The van der Waals surface area contributed by atoms with Gasteiger partial charge in [-0.2, -0.15) is 0 Å². The van der Waals surface area contributed by atoms with Gasteiger partial charge in [-0.15, -0.1) is 10.2 Å². The zero-order valence-corrected chi connectivity index (χ0v) is 12.1. The van der Waals surface area contributed by atoms with Crippen LogP contribution < -0.4 is 11.5 Å². The van der Waals surface area contributed by atoms with Crippen LogP contribution in [0.15, 0.2) is 29.4 Å². The Morgan fingerprint density at radius 1 is 1.40 bits per heavy atom. The maximum absolute atomic E-state index is 11.1. The molecule has 0 aliphatic rings. The maximum Gasteiger partial charge on any atom is 0.248 e. The van der Waals surface area contributed by atoms with Crippen LogP contribution in [0.4, 0.5) is 0 Å². The Labute approximate surface area is 121 Å². The Kier molecular flexibility index (Phi) is 4.75. The van der Waals surface area contributed by atoms with E-state index in [-0.39, 0.29) is 0 Å². The molecular formula is C13H17N5OS. The van der Waals surface area contributed by atoms with Crippen LogP contribution in [0, 0.1) is 0 Å². The number of nitrogens with two attached hydrogens (primary N) is 2. The Morgan fingerprint density at radius 2 is 2.20 bits per heavy atom. The molecule has 0 aliphatic carbocycles. The van der Waals surface area contributed by atoms with Gasteiger partial charge in [0.2, 0.25) is 5.91 Å². The molecule has 6 nitrogen and oxygen atoms in total. The van der Waals surface area contributed by atoms with Gasteiger partial charge in [0.05, 0.1) is 6.54 Å². The highest BCUT2D eigenvalue weighted by atomic mass is 32.2. The topological polar surface area (TPSA) is 99.8 Å². The molecule has 2 aromatic rings. The first-order valence-electron chi connectivity index (χ1n) is 6.29. The van der Waals surface area contributed by atoms with Crippen molar-refractivity contribution >= 4 is 17.7 Å². The number of aromatic nitrogens is 3. The van der Waals surface area contributed by atoms with E-state index in [4.69, 9.17) is 11.5 Å². The summed E-state index contributed by atoms with van der Waals surface area (Å²) < 4.78 is 1.99. The van der Waals surface area contributed by atoms with Crippen LogP contribution in [0.1, 0.15) is 28.7 Å². The molecule has 0 radical (unpaired) electrons. The molecule has 0 aliphatic heterocycles. The van der Waals surface area contributed by atoms with E-state index < -0.39 is 5.91 Å². The first-order valence-corrected chi connectivity index (χ1v) is 7.28. The van der Waals surface area contributed by atoms with Gasteiger partial charge in [0.25, 0.3) is 0 Å². The summed E-state index contributed by atoms with van der Waals surface area (Å²) in [4.78, 5) is 11.1. The number of hydrogen-bond donors (Lipinski definition) is 2. The summed E-state index contributed by atoms with van der Waals surface area (Å²) in [5, 5.41) is 9.02. The summed E-state index contributed by atoms with van der Waals surface area (Å²) in [5.41, 5.74) is 12.4. The van der Waals surface area contributed by atoms with Gasteiger partial charge < -0.3 is 16.0 Å². The van der Waals surface area contributed by atoms with Gasteiger partial charge in [0.1, 0.15) is 5.82 Å². The molecule has 0 bridgehead atoms. The van der Waals surface area contributed by atoms with Crippen LogP contribution in [0.5, 0.6) is 0 Å². The number of carbonyl (C=O) groups excluding carboxylic acids is 1. The van der Waals surface area contributed by atoms with E-state index in [0.29, 0.717) is 17.9 Å². The number of amides is 1. The lowest BCUT2D eigenvalue weighted by Gasteiger charge is -2.06. The smallest absolute Gasteiger partial charge is 0.248 e. The lowest BCUT2D eigenvalue weighted by atomic mass is 10.1. The van der Waals surface area contributed by atoms with E-state index in [1.165, 1.54) is 0 Å². The fraction of sp³-hybridized carbons (Fsp3) is 0.308. The predicted octanol–water partition coefficient (Wildman–Crippen LogP) is 1.15. The van der Waals surface area contributed by atoms with Crippen molar-refractivity contribution in [2.75, 3.05) is 0 Å². The fourth-order valence-electron chi connectivity index (χ4n) is 1.86. The molecule has 1 aromatic carbocycles. The predicted molar refractivity (Wildman–Crippen MR) is 78.1 cm³/mol. The molecule has 0 saturated heterocycles. The van der Waals surface area contributed by atoms with Gasteiger partial charge in [0, 0.05) is 17.9 Å². The maximum atomic E-state index is 11.1. The molecule has 1 aromatic heterocycles. The monoisotopic (exact) mass is 291 g/mol. The van der Waals surface area contributed by atoms with Crippen molar-refractivity contribution in [3.63, 3.8) is 0 Å². The molecule has 2 rings (SSSR count). The van der Waals surface area contributed by atoms with E-state index in [1.54, 1.807) is 23.9 Å². The van der Waals surface area contributed by atoms with Crippen LogP contribution in [-0.4, -0.2) is 20.7 Å². The largest absolute Gasteiger partial charge is 0.366 e. The van der Waals surface area contributed by atoms with Crippen LogP contribution in [0.3, 0.4) is 0 Å². The van der Waals surface area contributed by atoms with E-state index >= 15 is 0 Å². The molecule has 0 spiro atoms. The number of thioether (sulfide) groups is 1. The first kappa shape index (κ1) is 14.5. The number of primary amides is 1. The van der Waals surface area contributed by atoms with Gasteiger partial charge in [-0.05, 0) is 24.6 Å². The molecule has 1 amide bonds. The lowest BCUT2D eigenvalue weighted by molar-refractivity contribution is 0.1000. The van der Waals surface area contributed by atoms with Crippen LogP contribution in [0.2, 0.25) is 0 Å². The van der Waals surface area contributed by atoms with Gasteiger partial charge >= 0.3 is 0 Å². The van der Waals surface area contributed by atoms with E-state index in [9.17, 15) is 4.79 Å². The Hall–Kier alpha value is -1.86. The zero-order chi connectivity index (χ0) is 14.5. The molecule has 0 saturated carbocycles. The van der Waals surface area contributed by atoms with Gasteiger partial charge in [-0.3, -0.25) is 4.79 Å². The van der Waals surface area contributed by atoms with Crippen LogP contribution >= 0.6 is 11.8 Å². The fourth-order valence-corrected chi connectivity index (χ4v) is 2.82. The minimum Gasteiger partial charge on any atom is -0.366 e. The lowest BCUT2D eigenvalue weighted by Crippen LogP contribution is -2.10. The van der Waals surface area contributed by atoms with Gasteiger partial charge in [-0.25, -0.2) is 0 Å². The van der Waals surface area contributed by atoms with Crippen LogP contribution in [-0.2, 0) is 18.8 Å². The zero-order valence-electron chi connectivity index (χ0n) is 11.2. The second-order valence-corrected chi connectivity index (χ2v) is 5.14. The standard InChI is InChI=1S/C13H17N5OS/c1-2-18-11(7-14)16-17-13(18)20-8-9-4-3-5-10(6-9)12(15)19/h3-6H,2,7-8,14H2,1H3,(H2,15,19). The molecule has 20 heavy (non-hydrogen) atoms. The highest BCUT2D eigenvalue weighted by Crippen LogP contribution is 2.22. The normalized spacial score (nSPS) is 10.7. The van der Waals surface area contributed by atoms with Crippen LogP contribution in [0.25, 0.3) is 0 Å². The third-order valence-corrected chi connectivity index (χ3v) is 3.91. The summed E-state index contributed by atoms with van der Waals surface area (Å²) >= 11 is 1.56. The van der Waals surface area contributed by atoms with Gasteiger partial charge in [0.15, 0.2) is 5.16 Å². The molecule has 106 valence electrons. The van der Waals surface area contributed by atoms with Crippen molar-refractivity contribution in [3.05, 3.63) is 41.2 Å². The number of nitrogens with zero attached hydrogens (tertiary/aromatic N) is 3. The van der Waals surface area contributed by atoms with E-state index in [0.717, 1.165) is 23.1 Å². The van der Waals surface area contributed by atoms with Gasteiger partial charge in [-0.1, -0.05) is 23.9 Å². The highest BCUT2D eigenvalue weighted by molar-refractivity contribution is 7.98. The first-order chi connectivity index (χ1) is 9.65. The van der Waals surface area contributed by atoms with E-state index in [1.807, 2.05) is 23.6 Å². The Balaban J connectivity index is 2.10. The Morgan fingerprint density at radius 3 is 2.85 bits per heavy atom. The number of benzene rings is 1. The summed E-state index contributed by atoms with van der Waals surface area (Å²) in [5.74, 6) is 1.06. The van der Waals surface area contributed by atoms with Crippen molar-refractivity contribution < 1.29 is 4.79 Å². The molecule has 0 atom stereocenters.